The van der Waals surface area contributed by atoms with E-state index < -0.39 is 51.7 Å². The Morgan fingerprint density at radius 3 is 2.63 bits per heavy atom. The molecule has 0 bridgehead atoms. The Hall–Kier alpha value is -1.71. The standard InChI is InChI=1S/C10H11FO7S/c11-9(13)3-4-18-10(14)7-5-6(19(15,16)17)1-2-8(7)12/h1-2,5,9,12-13H,3-4H2,(H,15,16,17)/p-1. The number of rotatable bonds is 5. The molecule has 0 spiro atoms. The number of hydrogen-bond acceptors (Lipinski definition) is 7. The predicted molar refractivity (Wildman–Crippen MR) is 58.1 cm³/mol. The summed E-state index contributed by atoms with van der Waals surface area (Å²) in [5.74, 6) is -1.72. The van der Waals surface area contributed by atoms with E-state index in [0.717, 1.165) is 12.1 Å². The second-order valence-electron chi connectivity index (χ2n) is 3.49. The van der Waals surface area contributed by atoms with Crippen LogP contribution in [0.1, 0.15) is 16.8 Å². The van der Waals surface area contributed by atoms with Gasteiger partial charge in [-0.2, -0.15) is 0 Å². The number of benzene rings is 1. The van der Waals surface area contributed by atoms with Crippen LogP contribution >= 0.6 is 0 Å². The summed E-state index contributed by atoms with van der Waals surface area (Å²) in [5.41, 5.74) is -0.537. The first-order valence-corrected chi connectivity index (χ1v) is 6.41. The minimum atomic E-state index is -4.78. The van der Waals surface area contributed by atoms with Crippen LogP contribution in [0.4, 0.5) is 4.39 Å². The van der Waals surface area contributed by atoms with Crippen molar-refractivity contribution in [1.29, 1.82) is 0 Å². The zero-order chi connectivity index (χ0) is 14.6. The summed E-state index contributed by atoms with van der Waals surface area (Å²) in [5, 5.41) is 17.7. The summed E-state index contributed by atoms with van der Waals surface area (Å²) in [4.78, 5) is 10.7. The van der Waals surface area contributed by atoms with Crippen LogP contribution in [0.2, 0.25) is 0 Å². The van der Waals surface area contributed by atoms with Crippen LogP contribution in [0.5, 0.6) is 5.75 Å². The SMILES string of the molecule is O=C(OCCC(O)F)c1cc(S(=O)(=O)[O-])ccc1O. The molecule has 19 heavy (non-hydrogen) atoms. The van der Waals surface area contributed by atoms with Crippen LogP contribution in [-0.4, -0.2) is 42.1 Å². The van der Waals surface area contributed by atoms with Crippen LogP contribution in [0.15, 0.2) is 23.1 Å². The van der Waals surface area contributed by atoms with Crippen LogP contribution in [0, 0.1) is 0 Å². The van der Waals surface area contributed by atoms with Gasteiger partial charge in [-0.25, -0.2) is 17.6 Å². The number of ether oxygens (including phenoxy) is 1. The molecule has 0 heterocycles. The number of carbonyl (C=O) groups is 1. The molecule has 0 saturated carbocycles. The van der Waals surface area contributed by atoms with E-state index in [9.17, 15) is 27.3 Å². The number of halogens is 1. The molecule has 9 heteroatoms. The zero-order valence-corrected chi connectivity index (χ0v) is 10.3. The van der Waals surface area contributed by atoms with Crippen molar-refractivity contribution in [3.8, 4) is 5.75 Å². The maximum absolute atomic E-state index is 12.0. The number of hydrogen-bond donors (Lipinski definition) is 2. The molecule has 0 amide bonds. The van der Waals surface area contributed by atoms with E-state index in [1.165, 1.54) is 0 Å². The van der Waals surface area contributed by atoms with Crippen molar-refractivity contribution in [2.45, 2.75) is 17.7 Å². The molecule has 1 unspecified atom stereocenters. The molecule has 0 saturated heterocycles. The number of aliphatic hydroxyl groups excluding tert-OH is 1. The summed E-state index contributed by atoms with van der Waals surface area (Å²) in [6.45, 7) is -0.468. The highest BCUT2D eigenvalue weighted by Gasteiger charge is 2.16. The van der Waals surface area contributed by atoms with Crippen molar-refractivity contribution in [1.82, 2.24) is 0 Å². The Bertz CT molecular complexity index is 567. The van der Waals surface area contributed by atoms with Crippen LogP contribution in [0.3, 0.4) is 0 Å². The lowest BCUT2D eigenvalue weighted by molar-refractivity contribution is 0.00737. The van der Waals surface area contributed by atoms with E-state index in [1.54, 1.807) is 0 Å². The Morgan fingerprint density at radius 2 is 2.11 bits per heavy atom. The predicted octanol–water partition coefficient (Wildman–Crippen LogP) is 0.131. The lowest BCUT2D eigenvalue weighted by Crippen LogP contribution is -2.11. The quantitative estimate of drug-likeness (QED) is 0.584. The lowest BCUT2D eigenvalue weighted by atomic mass is 10.2. The van der Waals surface area contributed by atoms with Crippen molar-refractivity contribution >= 4 is 16.1 Å². The molecular formula is C10H10FO7S-. The fourth-order valence-electron chi connectivity index (χ4n) is 1.16. The number of aliphatic hydroxyl groups is 1. The number of phenolic OH excluding ortho intramolecular Hbond substituents is 1. The van der Waals surface area contributed by atoms with Gasteiger partial charge < -0.3 is 19.5 Å². The minimum absolute atomic E-state index is 0.466. The molecule has 2 N–H and O–H groups in total. The Labute approximate surface area is 108 Å². The molecular weight excluding hydrogens is 283 g/mol. The average molecular weight is 293 g/mol. The molecule has 0 aromatic heterocycles. The smallest absolute Gasteiger partial charge is 0.341 e. The number of aromatic hydroxyl groups is 1. The van der Waals surface area contributed by atoms with Gasteiger partial charge in [-0.3, -0.25) is 0 Å². The van der Waals surface area contributed by atoms with Gasteiger partial charge in [0.2, 0.25) is 0 Å². The fourth-order valence-corrected chi connectivity index (χ4v) is 1.66. The highest BCUT2D eigenvalue weighted by Crippen LogP contribution is 2.22. The lowest BCUT2D eigenvalue weighted by Gasteiger charge is -2.10. The van der Waals surface area contributed by atoms with Gasteiger partial charge in [0.1, 0.15) is 21.4 Å². The molecule has 1 aromatic carbocycles. The highest BCUT2D eigenvalue weighted by molar-refractivity contribution is 7.85. The van der Waals surface area contributed by atoms with E-state index in [1.807, 2.05) is 0 Å². The normalized spacial score (nSPS) is 13.0. The van der Waals surface area contributed by atoms with Crippen LogP contribution < -0.4 is 0 Å². The second kappa shape index (κ2) is 5.95. The van der Waals surface area contributed by atoms with Gasteiger partial charge >= 0.3 is 5.97 Å². The first kappa shape index (κ1) is 15.3. The second-order valence-corrected chi connectivity index (χ2v) is 4.87. The molecule has 1 rings (SSSR count). The summed E-state index contributed by atoms with van der Waals surface area (Å²) in [6, 6.07) is 2.34. The van der Waals surface area contributed by atoms with E-state index in [2.05, 4.69) is 4.74 Å². The molecule has 0 fully saturated rings. The van der Waals surface area contributed by atoms with Crippen LogP contribution in [-0.2, 0) is 14.9 Å². The third kappa shape index (κ3) is 4.47. The van der Waals surface area contributed by atoms with Gasteiger partial charge in [-0.1, -0.05) is 0 Å². The average Bonchev–Trinajstić information content (AvgIpc) is 2.27. The van der Waals surface area contributed by atoms with Gasteiger partial charge in [-0.15, -0.1) is 0 Å². The molecule has 106 valence electrons. The third-order valence-electron chi connectivity index (χ3n) is 2.07. The Morgan fingerprint density at radius 1 is 1.47 bits per heavy atom. The van der Waals surface area contributed by atoms with E-state index in [0.29, 0.717) is 6.07 Å². The molecule has 0 aliphatic carbocycles. The van der Waals surface area contributed by atoms with Crippen molar-refractivity contribution in [2.24, 2.45) is 0 Å². The first-order chi connectivity index (χ1) is 8.71. The van der Waals surface area contributed by atoms with Gasteiger partial charge in [-0.05, 0) is 18.2 Å². The van der Waals surface area contributed by atoms with Gasteiger partial charge in [0.15, 0.2) is 6.36 Å². The van der Waals surface area contributed by atoms with Crippen molar-refractivity contribution in [2.75, 3.05) is 6.61 Å². The van der Waals surface area contributed by atoms with E-state index >= 15 is 0 Å². The summed E-state index contributed by atoms with van der Waals surface area (Å²) >= 11 is 0. The van der Waals surface area contributed by atoms with Crippen molar-refractivity contribution in [3.63, 3.8) is 0 Å². The number of esters is 1. The van der Waals surface area contributed by atoms with Crippen LogP contribution in [0.25, 0.3) is 0 Å². The molecule has 0 radical (unpaired) electrons. The van der Waals surface area contributed by atoms with Gasteiger partial charge in [0.05, 0.1) is 11.5 Å². The minimum Gasteiger partial charge on any atom is -0.744 e. The number of carbonyl (C=O) groups excluding carboxylic acids is 1. The summed E-state index contributed by atoms with van der Waals surface area (Å²) in [6.07, 6.45) is -2.62. The van der Waals surface area contributed by atoms with Crippen molar-refractivity contribution < 1.29 is 37.1 Å². The third-order valence-corrected chi connectivity index (χ3v) is 2.90. The number of phenols is 1. The molecule has 1 atom stereocenters. The zero-order valence-electron chi connectivity index (χ0n) is 9.45. The molecule has 1 aromatic rings. The largest absolute Gasteiger partial charge is 0.744 e. The topological polar surface area (TPSA) is 124 Å². The first-order valence-electron chi connectivity index (χ1n) is 5.00. The Balaban J connectivity index is 2.90. The monoisotopic (exact) mass is 293 g/mol. The van der Waals surface area contributed by atoms with E-state index in [-0.39, 0.29) is 0 Å². The maximum Gasteiger partial charge on any atom is 0.341 e. The van der Waals surface area contributed by atoms with Crippen molar-refractivity contribution in [3.05, 3.63) is 23.8 Å². The number of alkyl halides is 1. The Kier molecular flexibility index (Phi) is 4.81. The molecule has 0 aliphatic heterocycles. The van der Waals surface area contributed by atoms with Gasteiger partial charge in [0, 0.05) is 6.42 Å². The molecule has 7 nitrogen and oxygen atoms in total. The summed E-state index contributed by atoms with van der Waals surface area (Å²) < 4.78 is 48.8. The van der Waals surface area contributed by atoms with E-state index in [4.69, 9.17) is 5.11 Å². The fraction of sp³-hybridized carbons (Fsp3) is 0.300. The maximum atomic E-state index is 12.0. The van der Waals surface area contributed by atoms with Gasteiger partial charge in [0.25, 0.3) is 0 Å². The highest BCUT2D eigenvalue weighted by atomic mass is 32.2. The summed E-state index contributed by atoms with van der Waals surface area (Å²) in [7, 11) is -4.78. The molecule has 0 aliphatic rings.